The molecule has 0 atom stereocenters. The van der Waals surface area contributed by atoms with Crippen LogP contribution in [0.25, 0.3) is 5.57 Å². The minimum atomic E-state index is 0.806. The molecule has 0 aromatic heterocycles. The Morgan fingerprint density at radius 2 is 2.07 bits per heavy atom. The quantitative estimate of drug-likeness (QED) is 0.645. The summed E-state index contributed by atoms with van der Waals surface area (Å²) in [5, 5.41) is 11.1. The van der Waals surface area contributed by atoms with Gasteiger partial charge in [-0.15, -0.1) is 11.8 Å². The summed E-state index contributed by atoms with van der Waals surface area (Å²) in [5.41, 5.74) is 1.82. The van der Waals surface area contributed by atoms with Crippen LogP contribution in [0.15, 0.2) is 46.7 Å². The molecule has 0 saturated carbocycles. The monoisotopic (exact) mass is 199 g/mol. The zero-order chi connectivity index (χ0) is 9.80. The maximum Gasteiger partial charge on any atom is 0.101 e. The van der Waals surface area contributed by atoms with Gasteiger partial charge in [-0.05, 0) is 17.4 Å². The molecule has 0 saturated heterocycles. The predicted molar refractivity (Wildman–Crippen MR) is 60.3 cm³/mol. The van der Waals surface area contributed by atoms with E-state index in [4.69, 9.17) is 5.26 Å². The minimum absolute atomic E-state index is 0.806. The number of rotatable bonds is 1. The molecule has 0 unspecified atom stereocenters. The molecular weight excluding hydrogens is 190 g/mol. The normalized spacial score (nSPS) is 17.9. The van der Waals surface area contributed by atoms with E-state index in [9.17, 15) is 0 Å². The van der Waals surface area contributed by atoms with Crippen molar-refractivity contribution in [2.75, 3.05) is 0 Å². The van der Waals surface area contributed by atoms with E-state index in [1.165, 1.54) is 0 Å². The highest BCUT2D eigenvalue weighted by Gasteiger charge is 2.10. The molecule has 68 valence electrons. The van der Waals surface area contributed by atoms with E-state index in [2.05, 4.69) is 12.1 Å². The molecule has 1 heterocycles. The van der Waals surface area contributed by atoms with Gasteiger partial charge in [-0.25, -0.2) is 0 Å². The summed E-state index contributed by atoms with van der Waals surface area (Å²) in [6.45, 7) is 0. The third-order valence-electron chi connectivity index (χ3n) is 2.06. The highest BCUT2D eigenvalue weighted by atomic mass is 32.2. The van der Waals surface area contributed by atoms with Crippen LogP contribution in [0.3, 0.4) is 0 Å². The maximum atomic E-state index is 9.09. The number of thioether (sulfide) groups is 1. The largest absolute Gasteiger partial charge is 0.192 e. The number of hydrogen-bond donors (Lipinski definition) is 0. The van der Waals surface area contributed by atoms with Gasteiger partial charge in [-0.1, -0.05) is 36.4 Å². The van der Waals surface area contributed by atoms with Gasteiger partial charge >= 0.3 is 0 Å². The lowest BCUT2D eigenvalue weighted by molar-refractivity contribution is 1.38. The molecule has 1 aliphatic heterocycles. The van der Waals surface area contributed by atoms with Gasteiger partial charge in [0.05, 0.1) is 5.57 Å². The van der Waals surface area contributed by atoms with Gasteiger partial charge in [0.2, 0.25) is 0 Å². The van der Waals surface area contributed by atoms with Crippen molar-refractivity contribution in [3.63, 3.8) is 0 Å². The summed E-state index contributed by atoms with van der Waals surface area (Å²) in [6.07, 6.45) is 2.97. The van der Waals surface area contributed by atoms with Crippen LogP contribution in [0.2, 0.25) is 0 Å². The standard InChI is InChI=1S/C12H9NS/c13-9-11(12-7-4-8-14-12)10-5-2-1-3-6-10/h1-6,8H,7H2. The highest BCUT2D eigenvalue weighted by molar-refractivity contribution is 8.06. The molecule has 1 aromatic rings. The third-order valence-corrected chi connectivity index (χ3v) is 3.05. The smallest absolute Gasteiger partial charge is 0.101 e. The molecule has 0 radical (unpaired) electrons. The van der Waals surface area contributed by atoms with Gasteiger partial charge < -0.3 is 0 Å². The van der Waals surface area contributed by atoms with E-state index < -0.39 is 0 Å². The van der Waals surface area contributed by atoms with Crippen LogP contribution in [0.5, 0.6) is 0 Å². The number of nitriles is 1. The lowest BCUT2D eigenvalue weighted by Crippen LogP contribution is -1.83. The predicted octanol–water partition coefficient (Wildman–Crippen LogP) is 3.57. The molecule has 1 aliphatic rings. The van der Waals surface area contributed by atoms with Crippen LogP contribution >= 0.6 is 11.8 Å². The summed E-state index contributed by atoms with van der Waals surface area (Å²) < 4.78 is 0. The van der Waals surface area contributed by atoms with Gasteiger partial charge in [-0.2, -0.15) is 5.26 Å². The minimum Gasteiger partial charge on any atom is -0.192 e. The zero-order valence-electron chi connectivity index (χ0n) is 7.60. The Morgan fingerprint density at radius 3 is 2.64 bits per heavy atom. The Morgan fingerprint density at radius 1 is 1.29 bits per heavy atom. The van der Waals surface area contributed by atoms with Crippen LogP contribution in [-0.2, 0) is 0 Å². The van der Waals surface area contributed by atoms with E-state index in [0.717, 1.165) is 22.5 Å². The van der Waals surface area contributed by atoms with E-state index in [0.29, 0.717) is 0 Å². The maximum absolute atomic E-state index is 9.09. The van der Waals surface area contributed by atoms with E-state index in [-0.39, 0.29) is 0 Å². The van der Waals surface area contributed by atoms with Gasteiger partial charge in [0.1, 0.15) is 6.07 Å². The highest BCUT2D eigenvalue weighted by Crippen LogP contribution is 2.34. The van der Waals surface area contributed by atoms with Crippen LogP contribution in [0.1, 0.15) is 12.0 Å². The van der Waals surface area contributed by atoms with Crippen LogP contribution in [0, 0.1) is 11.3 Å². The second kappa shape index (κ2) is 4.17. The molecule has 0 fully saturated rings. The lowest BCUT2D eigenvalue weighted by Gasteiger charge is -2.02. The van der Waals surface area contributed by atoms with Crippen LogP contribution in [-0.4, -0.2) is 0 Å². The van der Waals surface area contributed by atoms with E-state index in [1.54, 1.807) is 11.8 Å². The second-order valence-corrected chi connectivity index (χ2v) is 3.97. The Kier molecular flexibility index (Phi) is 2.71. The van der Waals surface area contributed by atoms with Crippen molar-refractivity contribution in [2.45, 2.75) is 6.42 Å². The van der Waals surface area contributed by atoms with Crippen molar-refractivity contribution in [3.05, 3.63) is 52.3 Å². The summed E-state index contributed by atoms with van der Waals surface area (Å²) in [6, 6.07) is 12.1. The zero-order valence-corrected chi connectivity index (χ0v) is 8.42. The fraction of sp³-hybridized carbons (Fsp3) is 0.0833. The molecule has 0 N–H and O–H groups in total. The first-order valence-corrected chi connectivity index (χ1v) is 5.30. The van der Waals surface area contributed by atoms with Crippen molar-refractivity contribution >= 4 is 17.3 Å². The molecule has 0 spiro atoms. The first kappa shape index (κ1) is 9.11. The lowest BCUT2D eigenvalue weighted by atomic mass is 10.1. The van der Waals surface area contributed by atoms with Gasteiger partial charge in [0.15, 0.2) is 0 Å². The number of benzene rings is 1. The number of hydrogen-bond acceptors (Lipinski definition) is 2. The molecular formula is C12H9NS. The van der Waals surface area contributed by atoms with E-state index >= 15 is 0 Å². The van der Waals surface area contributed by atoms with Crippen LogP contribution < -0.4 is 0 Å². The Balaban J connectivity index is 2.41. The summed E-state index contributed by atoms with van der Waals surface area (Å²) in [4.78, 5) is 1.15. The molecule has 1 nitrogen and oxygen atoms in total. The van der Waals surface area contributed by atoms with Gasteiger partial charge in [0.25, 0.3) is 0 Å². The van der Waals surface area contributed by atoms with Crippen molar-refractivity contribution < 1.29 is 0 Å². The Hall–Kier alpha value is -1.46. The summed E-state index contributed by atoms with van der Waals surface area (Å²) in [5.74, 6) is 0. The van der Waals surface area contributed by atoms with Crippen molar-refractivity contribution in [1.82, 2.24) is 0 Å². The topological polar surface area (TPSA) is 23.8 Å². The van der Waals surface area contributed by atoms with Crippen molar-refractivity contribution in [1.29, 1.82) is 5.26 Å². The van der Waals surface area contributed by atoms with Gasteiger partial charge in [0, 0.05) is 4.91 Å². The molecule has 0 aliphatic carbocycles. The molecule has 14 heavy (non-hydrogen) atoms. The molecule has 0 bridgehead atoms. The Bertz CT molecular complexity index is 413. The molecule has 0 amide bonds. The number of nitrogens with zero attached hydrogens (tertiary/aromatic N) is 1. The fourth-order valence-corrected chi connectivity index (χ4v) is 2.22. The SMILES string of the molecule is N#CC(=C1CC=CS1)c1ccccc1. The van der Waals surface area contributed by atoms with Crippen LogP contribution in [0.4, 0.5) is 0 Å². The third kappa shape index (κ3) is 1.73. The Labute approximate surface area is 87.8 Å². The average Bonchev–Trinajstić information content (AvgIpc) is 2.74. The average molecular weight is 199 g/mol. The van der Waals surface area contributed by atoms with E-state index in [1.807, 2.05) is 35.7 Å². The van der Waals surface area contributed by atoms with Crippen molar-refractivity contribution in [2.24, 2.45) is 0 Å². The van der Waals surface area contributed by atoms with Crippen molar-refractivity contribution in [3.8, 4) is 6.07 Å². The first-order chi connectivity index (χ1) is 6.92. The molecule has 2 heteroatoms. The summed E-state index contributed by atoms with van der Waals surface area (Å²) in [7, 11) is 0. The molecule has 1 aromatic carbocycles. The second-order valence-electron chi connectivity index (χ2n) is 2.97. The fourth-order valence-electron chi connectivity index (χ4n) is 1.39. The number of allylic oxidation sites excluding steroid dienone is 3. The first-order valence-electron chi connectivity index (χ1n) is 4.42. The van der Waals surface area contributed by atoms with Gasteiger partial charge in [-0.3, -0.25) is 0 Å². The molecule has 2 rings (SSSR count). The summed E-state index contributed by atoms with van der Waals surface area (Å²) >= 11 is 1.65.